The van der Waals surface area contributed by atoms with Crippen LogP contribution in [0, 0.1) is 11.3 Å². The van der Waals surface area contributed by atoms with Crippen molar-refractivity contribution in [3.63, 3.8) is 0 Å². The van der Waals surface area contributed by atoms with E-state index in [0.717, 1.165) is 5.56 Å². The summed E-state index contributed by atoms with van der Waals surface area (Å²) in [6, 6.07) is 14.7. The van der Waals surface area contributed by atoms with Crippen molar-refractivity contribution < 1.29 is 9.53 Å². The molecule has 2 rings (SSSR count). The number of nitrogens with zero attached hydrogens (tertiary/aromatic N) is 1. The number of carbonyl (C=O) groups is 1. The summed E-state index contributed by atoms with van der Waals surface area (Å²) >= 11 is 0. The number of nitriles is 1. The molecule has 0 aliphatic rings. The minimum atomic E-state index is -0.228. The van der Waals surface area contributed by atoms with E-state index in [1.54, 1.807) is 6.07 Å². The summed E-state index contributed by atoms with van der Waals surface area (Å²) in [6.45, 7) is 1.77. The van der Waals surface area contributed by atoms with Crippen molar-refractivity contribution in [2.24, 2.45) is 0 Å². The Balaban J connectivity index is 2.24. The molecule has 0 spiro atoms. The number of benzene rings is 2. The van der Waals surface area contributed by atoms with Crippen molar-refractivity contribution in [2.45, 2.75) is 13.5 Å². The van der Waals surface area contributed by atoms with Gasteiger partial charge in [-0.15, -0.1) is 0 Å². The first-order valence-corrected chi connectivity index (χ1v) is 6.13. The summed E-state index contributed by atoms with van der Waals surface area (Å²) in [5.41, 5.74) is 7.58. The van der Waals surface area contributed by atoms with Crippen molar-refractivity contribution >= 4 is 11.5 Å². The van der Waals surface area contributed by atoms with Crippen molar-refractivity contribution in [3.05, 3.63) is 59.2 Å². The van der Waals surface area contributed by atoms with Crippen LogP contribution in [0.15, 0.2) is 42.5 Å². The van der Waals surface area contributed by atoms with Gasteiger partial charge in [0.15, 0.2) is 5.78 Å². The second kappa shape index (κ2) is 5.89. The quantitative estimate of drug-likeness (QED) is 0.682. The van der Waals surface area contributed by atoms with Gasteiger partial charge >= 0.3 is 0 Å². The molecule has 0 unspecified atom stereocenters. The standard InChI is InChI=1S/C16H14N2O2/c1-11(19)16-13(9-17)7-14(8-15(16)18)20-10-12-5-3-2-4-6-12/h2-8H,10,18H2,1H3. The van der Waals surface area contributed by atoms with Crippen molar-refractivity contribution in [1.82, 2.24) is 0 Å². The summed E-state index contributed by atoms with van der Waals surface area (Å²) in [5.74, 6) is 0.251. The second-order valence-electron chi connectivity index (χ2n) is 4.38. The summed E-state index contributed by atoms with van der Waals surface area (Å²) in [6.07, 6.45) is 0. The van der Waals surface area contributed by atoms with Crippen LogP contribution in [0.3, 0.4) is 0 Å². The Morgan fingerprint density at radius 3 is 2.60 bits per heavy atom. The minimum absolute atomic E-state index is 0.228. The van der Waals surface area contributed by atoms with Gasteiger partial charge in [0.2, 0.25) is 0 Å². The molecule has 2 aromatic rings. The second-order valence-corrected chi connectivity index (χ2v) is 4.38. The van der Waals surface area contributed by atoms with Crippen LogP contribution in [0.5, 0.6) is 5.75 Å². The Morgan fingerprint density at radius 1 is 1.30 bits per heavy atom. The molecule has 2 N–H and O–H groups in total. The Bertz CT molecular complexity index is 673. The molecule has 0 aromatic heterocycles. The fourth-order valence-electron chi connectivity index (χ4n) is 1.94. The topological polar surface area (TPSA) is 76.1 Å². The third-order valence-corrected chi connectivity index (χ3v) is 2.86. The highest BCUT2D eigenvalue weighted by atomic mass is 16.5. The van der Waals surface area contributed by atoms with Crippen LogP contribution >= 0.6 is 0 Å². The highest BCUT2D eigenvalue weighted by Crippen LogP contribution is 2.25. The Kier molecular flexibility index (Phi) is 4.02. The lowest BCUT2D eigenvalue weighted by atomic mass is 10.0. The van der Waals surface area contributed by atoms with Crippen LogP contribution in [-0.2, 0) is 6.61 Å². The average Bonchev–Trinajstić information content (AvgIpc) is 2.45. The summed E-state index contributed by atoms with van der Waals surface area (Å²) in [7, 11) is 0. The highest BCUT2D eigenvalue weighted by molar-refractivity contribution is 6.01. The number of Topliss-reactive ketones (excluding diaryl/α,β-unsaturated/α-hetero) is 1. The van der Waals surface area contributed by atoms with Gasteiger partial charge in [-0.05, 0) is 18.6 Å². The molecule has 100 valence electrons. The molecule has 4 nitrogen and oxygen atoms in total. The zero-order chi connectivity index (χ0) is 14.5. The molecule has 0 radical (unpaired) electrons. The summed E-state index contributed by atoms with van der Waals surface area (Å²) in [5, 5.41) is 9.09. The van der Waals surface area contributed by atoms with Crippen LogP contribution < -0.4 is 10.5 Å². The molecule has 0 aliphatic heterocycles. The SMILES string of the molecule is CC(=O)c1c(N)cc(OCc2ccccc2)cc1C#N. The third kappa shape index (κ3) is 2.96. The Morgan fingerprint density at radius 2 is 2.00 bits per heavy atom. The third-order valence-electron chi connectivity index (χ3n) is 2.86. The fourth-order valence-corrected chi connectivity index (χ4v) is 1.94. The van der Waals surface area contributed by atoms with Crippen molar-refractivity contribution in [2.75, 3.05) is 5.73 Å². The maximum Gasteiger partial charge on any atom is 0.163 e. The van der Waals surface area contributed by atoms with E-state index >= 15 is 0 Å². The van der Waals surface area contributed by atoms with E-state index in [0.29, 0.717) is 12.4 Å². The summed E-state index contributed by atoms with van der Waals surface area (Å²) in [4.78, 5) is 11.5. The molecule has 0 heterocycles. The average molecular weight is 266 g/mol. The van der Waals surface area contributed by atoms with Gasteiger partial charge in [-0.1, -0.05) is 30.3 Å². The van der Waals surface area contributed by atoms with E-state index < -0.39 is 0 Å². The van der Waals surface area contributed by atoms with Crippen LogP contribution in [0.4, 0.5) is 5.69 Å². The molecule has 0 fully saturated rings. The number of ether oxygens (including phenoxy) is 1. The van der Waals surface area contributed by atoms with Gasteiger partial charge in [0.1, 0.15) is 18.4 Å². The maximum atomic E-state index is 11.5. The molecular formula is C16H14N2O2. The lowest BCUT2D eigenvalue weighted by Gasteiger charge is -2.10. The molecule has 0 saturated heterocycles. The van der Waals surface area contributed by atoms with Crippen LogP contribution in [0.2, 0.25) is 0 Å². The zero-order valence-electron chi connectivity index (χ0n) is 11.1. The van der Waals surface area contributed by atoms with Crippen LogP contribution in [0.25, 0.3) is 0 Å². The van der Waals surface area contributed by atoms with Crippen molar-refractivity contribution in [1.29, 1.82) is 5.26 Å². The van der Waals surface area contributed by atoms with Crippen LogP contribution in [-0.4, -0.2) is 5.78 Å². The lowest BCUT2D eigenvalue weighted by molar-refractivity contribution is 0.101. The van der Waals surface area contributed by atoms with Gasteiger partial charge in [0, 0.05) is 11.8 Å². The predicted octanol–water partition coefficient (Wildman–Crippen LogP) is 2.92. The fraction of sp³-hybridized carbons (Fsp3) is 0.125. The van der Waals surface area contributed by atoms with Gasteiger partial charge in [-0.2, -0.15) is 5.26 Å². The largest absolute Gasteiger partial charge is 0.489 e. The first-order chi connectivity index (χ1) is 9.61. The van der Waals surface area contributed by atoms with Gasteiger partial charge in [0.05, 0.1) is 11.1 Å². The van der Waals surface area contributed by atoms with Gasteiger partial charge in [0.25, 0.3) is 0 Å². The zero-order valence-corrected chi connectivity index (χ0v) is 11.1. The number of anilines is 1. The molecule has 0 aliphatic carbocycles. The first-order valence-electron chi connectivity index (χ1n) is 6.13. The van der Waals surface area contributed by atoms with E-state index in [9.17, 15) is 4.79 Å². The smallest absolute Gasteiger partial charge is 0.163 e. The van der Waals surface area contributed by atoms with Gasteiger partial charge in [-0.25, -0.2) is 0 Å². The number of nitrogens with two attached hydrogens (primary N) is 1. The Hall–Kier alpha value is -2.80. The number of carbonyl (C=O) groups excluding carboxylic acids is 1. The number of rotatable bonds is 4. The summed E-state index contributed by atoms with van der Waals surface area (Å²) < 4.78 is 5.61. The maximum absolute atomic E-state index is 11.5. The molecule has 0 atom stereocenters. The van der Waals surface area contributed by atoms with E-state index in [4.69, 9.17) is 15.7 Å². The van der Waals surface area contributed by atoms with Gasteiger partial charge in [-0.3, -0.25) is 4.79 Å². The normalized spacial score (nSPS) is 9.80. The van der Waals surface area contributed by atoms with Gasteiger partial charge < -0.3 is 10.5 Å². The molecule has 2 aromatic carbocycles. The van der Waals surface area contributed by atoms with E-state index in [1.165, 1.54) is 13.0 Å². The van der Waals surface area contributed by atoms with Crippen LogP contribution in [0.1, 0.15) is 28.4 Å². The van der Waals surface area contributed by atoms with E-state index in [1.807, 2.05) is 36.4 Å². The number of hydrogen-bond acceptors (Lipinski definition) is 4. The van der Waals surface area contributed by atoms with Crippen molar-refractivity contribution in [3.8, 4) is 11.8 Å². The predicted molar refractivity (Wildman–Crippen MR) is 76.3 cm³/mol. The first kappa shape index (κ1) is 13.6. The number of hydrogen-bond donors (Lipinski definition) is 1. The molecule has 4 heteroatoms. The van der Waals surface area contributed by atoms with E-state index in [2.05, 4.69) is 0 Å². The minimum Gasteiger partial charge on any atom is -0.489 e. The molecule has 20 heavy (non-hydrogen) atoms. The Labute approximate surface area is 117 Å². The number of nitrogen functional groups attached to an aromatic ring is 1. The lowest BCUT2D eigenvalue weighted by Crippen LogP contribution is -2.05. The molecule has 0 bridgehead atoms. The molecular weight excluding hydrogens is 252 g/mol. The molecule has 0 amide bonds. The highest BCUT2D eigenvalue weighted by Gasteiger charge is 2.13. The number of ketones is 1. The molecule has 0 saturated carbocycles. The monoisotopic (exact) mass is 266 g/mol. The van der Waals surface area contributed by atoms with E-state index in [-0.39, 0.29) is 22.6 Å².